The molecular formula is C12H19NO4. The lowest BCUT2D eigenvalue weighted by molar-refractivity contribution is -0.138. The van der Waals surface area contributed by atoms with Gasteiger partial charge in [-0.25, -0.2) is 0 Å². The number of rotatable bonds is 2. The number of hydrogen-bond donors (Lipinski definition) is 0. The van der Waals surface area contributed by atoms with E-state index in [-0.39, 0.29) is 29.6 Å². The van der Waals surface area contributed by atoms with Gasteiger partial charge in [0.15, 0.2) is 0 Å². The summed E-state index contributed by atoms with van der Waals surface area (Å²) in [5, 5.41) is 0. The molecule has 5 nitrogen and oxygen atoms in total. The summed E-state index contributed by atoms with van der Waals surface area (Å²) in [6.07, 6.45) is 0.809. The minimum Gasteiger partial charge on any atom is -0.464 e. The van der Waals surface area contributed by atoms with Gasteiger partial charge in [-0.05, 0) is 20.8 Å². The average Bonchev–Trinajstić information content (AvgIpc) is 2.75. The molecule has 2 fully saturated rings. The molecule has 2 unspecified atom stereocenters. The summed E-state index contributed by atoms with van der Waals surface area (Å²) in [4.78, 5) is 24.6. The average molecular weight is 241 g/mol. The van der Waals surface area contributed by atoms with Crippen LogP contribution in [0, 0.1) is 0 Å². The Morgan fingerprint density at radius 3 is 1.65 bits per heavy atom. The van der Waals surface area contributed by atoms with E-state index in [1.54, 1.807) is 0 Å². The van der Waals surface area contributed by atoms with Gasteiger partial charge < -0.3 is 9.47 Å². The van der Waals surface area contributed by atoms with Crippen LogP contribution < -0.4 is 0 Å². The minimum absolute atomic E-state index is 0.0574. The summed E-state index contributed by atoms with van der Waals surface area (Å²) in [7, 11) is 0. The first kappa shape index (κ1) is 12.4. The van der Waals surface area contributed by atoms with Gasteiger partial charge in [-0.1, -0.05) is 0 Å². The number of nitrogens with zero attached hydrogens (tertiary/aromatic N) is 1. The van der Waals surface area contributed by atoms with Crippen molar-refractivity contribution in [3.05, 3.63) is 0 Å². The van der Waals surface area contributed by atoms with Crippen molar-refractivity contribution in [2.75, 3.05) is 13.2 Å². The van der Waals surface area contributed by atoms with E-state index in [0.29, 0.717) is 26.1 Å². The number of hydrogen-bond acceptors (Lipinski definition) is 5. The first-order chi connectivity index (χ1) is 7.88. The maximum Gasteiger partial charge on any atom is 0.307 e. The van der Waals surface area contributed by atoms with Crippen LogP contribution in [0.3, 0.4) is 0 Å². The Bertz CT molecular complexity index is 308. The van der Waals surface area contributed by atoms with Crippen molar-refractivity contribution >= 4 is 11.9 Å². The van der Waals surface area contributed by atoms with Gasteiger partial charge in [0.1, 0.15) is 13.2 Å². The van der Waals surface area contributed by atoms with Crippen LogP contribution in [-0.2, 0) is 19.1 Å². The van der Waals surface area contributed by atoms with E-state index >= 15 is 0 Å². The Morgan fingerprint density at radius 2 is 1.41 bits per heavy atom. The number of esters is 2. The lowest BCUT2D eigenvalue weighted by atomic mass is 9.98. The van der Waals surface area contributed by atoms with Gasteiger partial charge in [0.2, 0.25) is 0 Å². The Labute approximate surface area is 101 Å². The van der Waals surface area contributed by atoms with Crippen LogP contribution in [0.2, 0.25) is 0 Å². The number of ether oxygens (including phenoxy) is 2. The third-order valence-corrected chi connectivity index (χ3v) is 3.24. The topological polar surface area (TPSA) is 55.8 Å². The molecule has 0 N–H and O–H groups in total. The first-order valence-electron chi connectivity index (χ1n) is 5.97. The smallest absolute Gasteiger partial charge is 0.307 e. The lowest BCUT2D eigenvalue weighted by Gasteiger charge is -2.42. The van der Waals surface area contributed by atoms with E-state index in [1.807, 2.05) is 0 Å². The molecule has 0 aromatic rings. The molecule has 0 spiro atoms. The van der Waals surface area contributed by atoms with Crippen LogP contribution in [0.5, 0.6) is 0 Å². The van der Waals surface area contributed by atoms with E-state index in [0.717, 1.165) is 0 Å². The van der Waals surface area contributed by atoms with Crippen molar-refractivity contribution < 1.29 is 19.1 Å². The third-order valence-electron chi connectivity index (χ3n) is 3.24. The number of carbonyl (C=O) groups excluding carboxylic acids is 2. The van der Waals surface area contributed by atoms with E-state index in [2.05, 4.69) is 25.7 Å². The SMILES string of the molecule is CC(C)(C)N(C1COC(=O)C1)C1COC(=O)C1. The van der Waals surface area contributed by atoms with Gasteiger partial charge in [0.05, 0.1) is 24.9 Å². The molecule has 2 heterocycles. The summed E-state index contributed by atoms with van der Waals surface area (Å²) in [6.45, 7) is 7.08. The molecule has 0 amide bonds. The van der Waals surface area contributed by atoms with Crippen LogP contribution in [-0.4, -0.2) is 47.7 Å². The van der Waals surface area contributed by atoms with Gasteiger partial charge >= 0.3 is 11.9 Å². The second kappa shape index (κ2) is 4.29. The van der Waals surface area contributed by atoms with Gasteiger partial charge in [-0.15, -0.1) is 0 Å². The Balaban J connectivity index is 2.14. The van der Waals surface area contributed by atoms with Crippen molar-refractivity contribution in [1.29, 1.82) is 0 Å². The summed E-state index contributed by atoms with van der Waals surface area (Å²) < 4.78 is 10.0. The molecule has 2 aliphatic rings. The predicted octanol–water partition coefficient (Wildman–Crippen LogP) is 0.718. The fourth-order valence-corrected chi connectivity index (χ4v) is 2.75. The van der Waals surface area contributed by atoms with Gasteiger partial charge in [0.25, 0.3) is 0 Å². The fourth-order valence-electron chi connectivity index (χ4n) is 2.75. The molecule has 2 atom stereocenters. The summed E-state index contributed by atoms with van der Waals surface area (Å²) in [5.74, 6) is -0.316. The lowest BCUT2D eigenvalue weighted by Crippen LogP contribution is -2.54. The summed E-state index contributed by atoms with van der Waals surface area (Å²) in [6, 6.07) is 0.115. The normalized spacial score (nSPS) is 29.6. The largest absolute Gasteiger partial charge is 0.464 e. The Hall–Kier alpha value is -1.10. The molecule has 96 valence electrons. The van der Waals surface area contributed by atoms with Crippen molar-refractivity contribution in [3.63, 3.8) is 0 Å². The highest BCUT2D eigenvalue weighted by Gasteiger charge is 2.42. The summed E-state index contributed by atoms with van der Waals surface area (Å²) >= 11 is 0. The Kier molecular flexibility index (Phi) is 3.12. The highest BCUT2D eigenvalue weighted by molar-refractivity contribution is 5.73. The Morgan fingerprint density at radius 1 is 1.00 bits per heavy atom. The van der Waals surface area contributed by atoms with E-state index in [9.17, 15) is 9.59 Å². The van der Waals surface area contributed by atoms with Crippen molar-refractivity contribution in [2.24, 2.45) is 0 Å². The quantitative estimate of drug-likeness (QED) is 0.667. The van der Waals surface area contributed by atoms with Crippen LogP contribution in [0.1, 0.15) is 33.6 Å². The van der Waals surface area contributed by atoms with Crippen molar-refractivity contribution in [1.82, 2.24) is 4.90 Å². The van der Waals surface area contributed by atoms with E-state index in [1.165, 1.54) is 0 Å². The zero-order valence-corrected chi connectivity index (χ0v) is 10.6. The van der Waals surface area contributed by atoms with Crippen LogP contribution >= 0.6 is 0 Å². The monoisotopic (exact) mass is 241 g/mol. The van der Waals surface area contributed by atoms with E-state index < -0.39 is 0 Å². The maximum absolute atomic E-state index is 11.2. The van der Waals surface area contributed by atoms with E-state index in [4.69, 9.17) is 9.47 Å². The molecule has 0 bridgehead atoms. The molecule has 5 heteroatoms. The minimum atomic E-state index is -0.158. The third kappa shape index (κ3) is 2.60. The van der Waals surface area contributed by atoms with Crippen LogP contribution in [0.4, 0.5) is 0 Å². The molecule has 0 radical (unpaired) electrons. The number of carbonyl (C=O) groups is 2. The van der Waals surface area contributed by atoms with Gasteiger partial charge in [0, 0.05) is 5.54 Å². The van der Waals surface area contributed by atoms with Crippen molar-refractivity contribution in [2.45, 2.75) is 51.2 Å². The summed E-state index contributed by atoms with van der Waals surface area (Å²) in [5.41, 5.74) is -0.114. The van der Waals surface area contributed by atoms with Crippen LogP contribution in [0.25, 0.3) is 0 Å². The molecule has 0 aliphatic carbocycles. The molecule has 2 aliphatic heterocycles. The molecule has 2 saturated heterocycles. The maximum atomic E-state index is 11.2. The number of cyclic esters (lactones) is 2. The standard InChI is InChI=1S/C12H19NO4/c1-12(2,3)13(8-4-10(14)16-6-8)9-5-11(15)17-7-9/h8-9H,4-7H2,1-3H3. The zero-order chi connectivity index (χ0) is 12.6. The molecule has 0 aromatic carbocycles. The molecular weight excluding hydrogens is 222 g/mol. The molecule has 0 aromatic heterocycles. The van der Waals surface area contributed by atoms with Crippen molar-refractivity contribution in [3.8, 4) is 0 Å². The highest BCUT2D eigenvalue weighted by Crippen LogP contribution is 2.29. The van der Waals surface area contributed by atoms with Gasteiger partial charge in [-0.3, -0.25) is 14.5 Å². The predicted molar refractivity (Wildman–Crippen MR) is 60.3 cm³/mol. The molecule has 2 rings (SSSR count). The van der Waals surface area contributed by atoms with Crippen LogP contribution in [0.15, 0.2) is 0 Å². The highest BCUT2D eigenvalue weighted by atomic mass is 16.5. The fraction of sp³-hybridized carbons (Fsp3) is 0.833. The second-order valence-corrected chi connectivity index (χ2v) is 5.66. The first-order valence-corrected chi connectivity index (χ1v) is 5.97. The second-order valence-electron chi connectivity index (χ2n) is 5.66. The van der Waals surface area contributed by atoms with Gasteiger partial charge in [-0.2, -0.15) is 0 Å². The zero-order valence-electron chi connectivity index (χ0n) is 10.6. The molecule has 0 saturated carbocycles. The molecule has 17 heavy (non-hydrogen) atoms.